The molecule has 3 nitrogen and oxygen atoms in total. The highest BCUT2D eigenvalue weighted by Gasteiger charge is 2.39. The van der Waals surface area contributed by atoms with Crippen molar-refractivity contribution in [1.82, 2.24) is 4.90 Å². The Hall–Kier alpha value is -1.06. The number of rotatable bonds is 3. The number of anilines is 1. The molecule has 0 unspecified atom stereocenters. The van der Waals surface area contributed by atoms with Crippen molar-refractivity contribution in [3.63, 3.8) is 0 Å². The van der Waals surface area contributed by atoms with Gasteiger partial charge in [-0.05, 0) is 100 Å². The van der Waals surface area contributed by atoms with Gasteiger partial charge in [0.1, 0.15) is 0 Å². The van der Waals surface area contributed by atoms with Gasteiger partial charge in [-0.2, -0.15) is 0 Å². The van der Waals surface area contributed by atoms with Crippen molar-refractivity contribution in [2.75, 3.05) is 37.7 Å². The molecule has 0 amide bonds. The van der Waals surface area contributed by atoms with Crippen LogP contribution in [0.25, 0.3) is 0 Å². The molecular weight excluding hydrogens is 356 g/mol. The van der Waals surface area contributed by atoms with E-state index in [0.29, 0.717) is 5.41 Å². The average molecular weight is 397 g/mol. The molecule has 3 heteroatoms. The molecule has 4 fully saturated rings. The van der Waals surface area contributed by atoms with Gasteiger partial charge in [0.25, 0.3) is 0 Å². The maximum Gasteiger partial charge on any atom is 0.0472 e. The minimum atomic E-state index is 0.529. The molecular formula is C26H40N2O. The molecule has 0 N–H and O–H groups in total. The highest BCUT2D eigenvalue weighted by Crippen LogP contribution is 2.42. The molecule has 1 saturated carbocycles. The van der Waals surface area contributed by atoms with Crippen molar-refractivity contribution in [3.05, 3.63) is 29.8 Å². The molecule has 1 aromatic rings. The van der Waals surface area contributed by atoms with Crippen LogP contribution in [-0.4, -0.2) is 49.8 Å². The smallest absolute Gasteiger partial charge is 0.0472 e. The predicted molar refractivity (Wildman–Crippen MR) is 121 cm³/mol. The lowest BCUT2D eigenvalue weighted by molar-refractivity contribution is 0.0254. The zero-order chi connectivity index (χ0) is 19.7. The minimum absolute atomic E-state index is 0.529. The van der Waals surface area contributed by atoms with E-state index in [1.807, 2.05) is 0 Å². The molecule has 160 valence electrons. The number of hydrogen-bond acceptors (Lipinski definition) is 3. The Balaban J connectivity index is 1.16. The van der Waals surface area contributed by atoms with Gasteiger partial charge in [-0.1, -0.05) is 18.6 Å². The van der Waals surface area contributed by atoms with E-state index in [2.05, 4.69) is 41.0 Å². The lowest BCUT2D eigenvalue weighted by Crippen LogP contribution is -2.46. The van der Waals surface area contributed by atoms with E-state index in [4.69, 9.17) is 4.74 Å². The van der Waals surface area contributed by atoms with Crippen LogP contribution in [0, 0.1) is 5.41 Å². The number of benzene rings is 1. The van der Waals surface area contributed by atoms with E-state index in [1.165, 1.54) is 89.5 Å². The molecule has 0 aromatic heterocycles. The van der Waals surface area contributed by atoms with Crippen LogP contribution < -0.4 is 4.90 Å². The first kappa shape index (κ1) is 19.9. The van der Waals surface area contributed by atoms with E-state index < -0.39 is 0 Å². The van der Waals surface area contributed by atoms with Gasteiger partial charge in [0.15, 0.2) is 0 Å². The normalized spacial score (nSPS) is 33.3. The zero-order valence-corrected chi connectivity index (χ0v) is 18.5. The fourth-order valence-corrected chi connectivity index (χ4v) is 6.73. The van der Waals surface area contributed by atoms with Gasteiger partial charge in [0.2, 0.25) is 0 Å². The van der Waals surface area contributed by atoms with Crippen LogP contribution in [0.2, 0.25) is 0 Å². The van der Waals surface area contributed by atoms with E-state index in [-0.39, 0.29) is 0 Å². The number of ether oxygens (including phenoxy) is 1. The summed E-state index contributed by atoms with van der Waals surface area (Å²) in [5.74, 6) is 0.779. The van der Waals surface area contributed by atoms with Gasteiger partial charge >= 0.3 is 0 Å². The van der Waals surface area contributed by atoms with Gasteiger partial charge in [-0.25, -0.2) is 0 Å². The number of likely N-dealkylation sites (tertiary alicyclic amines) is 1. The maximum absolute atomic E-state index is 5.61. The second-order valence-corrected chi connectivity index (χ2v) is 10.5. The van der Waals surface area contributed by atoms with Crippen LogP contribution in [0.5, 0.6) is 0 Å². The van der Waals surface area contributed by atoms with E-state index in [0.717, 1.165) is 31.2 Å². The second-order valence-electron chi connectivity index (χ2n) is 10.5. The molecule has 0 bridgehead atoms. The number of hydrogen-bond donors (Lipinski definition) is 0. The quantitative estimate of drug-likeness (QED) is 0.662. The Morgan fingerprint density at radius 3 is 2.34 bits per heavy atom. The summed E-state index contributed by atoms with van der Waals surface area (Å²) in [6.07, 6.45) is 13.6. The Kier molecular flexibility index (Phi) is 5.89. The first-order chi connectivity index (χ1) is 14.2. The van der Waals surface area contributed by atoms with Crippen molar-refractivity contribution >= 4 is 5.69 Å². The second kappa shape index (κ2) is 8.59. The summed E-state index contributed by atoms with van der Waals surface area (Å²) in [6, 6.07) is 11.4. The van der Waals surface area contributed by atoms with Crippen molar-refractivity contribution < 1.29 is 4.74 Å². The first-order valence-electron chi connectivity index (χ1n) is 12.4. The summed E-state index contributed by atoms with van der Waals surface area (Å²) in [5.41, 5.74) is 3.55. The topological polar surface area (TPSA) is 15.7 Å². The van der Waals surface area contributed by atoms with Gasteiger partial charge < -0.3 is 9.64 Å². The van der Waals surface area contributed by atoms with Gasteiger partial charge in [0.05, 0.1) is 0 Å². The summed E-state index contributed by atoms with van der Waals surface area (Å²) >= 11 is 0. The fraction of sp³-hybridized carbons (Fsp3) is 0.769. The largest absolute Gasteiger partial charge is 0.381 e. The Bertz CT molecular complexity index is 658. The fourth-order valence-electron chi connectivity index (χ4n) is 6.73. The molecule has 0 radical (unpaired) electrons. The molecule has 1 spiro atoms. The third-order valence-corrected chi connectivity index (χ3v) is 8.74. The lowest BCUT2D eigenvalue weighted by Gasteiger charge is -2.43. The SMILES string of the molecule is C[C@H]1CCCCN1C1CCC(c2ccc(N3CCC4(CCOCC4)C3)cc2)CC1. The van der Waals surface area contributed by atoms with Crippen LogP contribution >= 0.6 is 0 Å². The van der Waals surface area contributed by atoms with Crippen LogP contribution in [0.1, 0.15) is 82.6 Å². The van der Waals surface area contributed by atoms with Gasteiger partial charge in [0, 0.05) is 44.1 Å². The Morgan fingerprint density at radius 2 is 1.62 bits per heavy atom. The third kappa shape index (κ3) is 4.23. The molecule has 1 atom stereocenters. The van der Waals surface area contributed by atoms with E-state index in [9.17, 15) is 0 Å². The molecule has 3 saturated heterocycles. The summed E-state index contributed by atoms with van der Waals surface area (Å²) in [4.78, 5) is 5.46. The van der Waals surface area contributed by atoms with Crippen molar-refractivity contribution in [1.29, 1.82) is 0 Å². The first-order valence-corrected chi connectivity index (χ1v) is 12.4. The molecule has 29 heavy (non-hydrogen) atoms. The van der Waals surface area contributed by atoms with Gasteiger partial charge in [-0.15, -0.1) is 0 Å². The molecule has 4 aliphatic rings. The van der Waals surface area contributed by atoms with E-state index in [1.54, 1.807) is 5.56 Å². The molecule has 3 heterocycles. The molecule has 5 rings (SSSR count). The van der Waals surface area contributed by atoms with Crippen LogP contribution in [0.3, 0.4) is 0 Å². The molecule has 3 aliphatic heterocycles. The van der Waals surface area contributed by atoms with Gasteiger partial charge in [-0.3, -0.25) is 4.90 Å². The molecule has 1 aromatic carbocycles. The third-order valence-electron chi connectivity index (χ3n) is 8.74. The van der Waals surface area contributed by atoms with Crippen molar-refractivity contribution in [3.8, 4) is 0 Å². The minimum Gasteiger partial charge on any atom is -0.381 e. The van der Waals surface area contributed by atoms with Crippen molar-refractivity contribution in [2.24, 2.45) is 5.41 Å². The zero-order valence-electron chi connectivity index (χ0n) is 18.5. The van der Waals surface area contributed by atoms with Crippen LogP contribution in [0.4, 0.5) is 5.69 Å². The highest BCUT2D eigenvalue weighted by molar-refractivity contribution is 5.49. The highest BCUT2D eigenvalue weighted by atomic mass is 16.5. The number of nitrogens with zero attached hydrogens (tertiary/aromatic N) is 2. The average Bonchev–Trinajstić information content (AvgIpc) is 3.18. The monoisotopic (exact) mass is 396 g/mol. The Morgan fingerprint density at radius 1 is 0.862 bits per heavy atom. The van der Waals surface area contributed by atoms with Crippen LogP contribution in [0.15, 0.2) is 24.3 Å². The van der Waals surface area contributed by atoms with E-state index >= 15 is 0 Å². The molecule has 1 aliphatic carbocycles. The van der Waals surface area contributed by atoms with Crippen LogP contribution in [-0.2, 0) is 4.74 Å². The standard InChI is InChI=1S/C26H40N2O/c1-21-4-2-3-16-28(21)25-11-7-23(8-12-25)22-5-9-24(10-6-22)27-17-13-26(20-27)14-18-29-19-15-26/h5-6,9-10,21,23,25H,2-4,7-8,11-20H2,1H3/t21-,23?,25?/m0/s1. The summed E-state index contributed by atoms with van der Waals surface area (Å²) in [5, 5.41) is 0. The summed E-state index contributed by atoms with van der Waals surface area (Å²) in [6.45, 7) is 8.17. The number of piperidine rings is 1. The lowest BCUT2D eigenvalue weighted by atomic mass is 9.79. The summed E-state index contributed by atoms with van der Waals surface area (Å²) < 4.78 is 5.61. The Labute approximate surface area is 177 Å². The van der Waals surface area contributed by atoms with Crippen molar-refractivity contribution in [2.45, 2.75) is 89.1 Å². The predicted octanol–water partition coefficient (Wildman–Crippen LogP) is 5.59. The summed E-state index contributed by atoms with van der Waals surface area (Å²) in [7, 11) is 0. The maximum atomic E-state index is 5.61.